The minimum absolute atomic E-state index is 0.0579. The lowest BCUT2D eigenvalue weighted by Crippen LogP contribution is -2.13. The Kier molecular flexibility index (Phi) is 5.10. The van der Waals surface area contributed by atoms with Gasteiger partial charge >= 0.3 is 0 Å². The first-order valence-corrected chi connectivity index (χ1v) is 7.71. The van der Waals surface area contributed by atoms with Crippen molar-refractivity contribution in [1.82, 2.24) is 10.3 Å². The number of nitro benzene ring substituents is 1. The zero-order valence-corrected chi connectivity index (χ0v) is 13.6. The summed E-state index contributed by atoms with van der Waals surface area (Å²) in [6, 6.07) is 13.7. The van der Waals surface area contributed by atoms with Crippen LogP contribution in [0.15, 0.2) is 53.2 Å². The maximum absolute atomic E-state index is 11.0. The first kappa shape index (κ1) is 16.7. The highest BCUT2D eigenvalue weighted by atomic mass is 35.5. The molecule has 0 aliphatic rings. The molecule has 9 heteroatoms. The topological polar surface area (TPSA) is 103 Å². The van der Waals surface area contributed by atoms with Crippen LogP contribution >= 0.6 is 11.6 Å². The third-order valence-corrected chi connectivity index (χ3v) is 3.55. The van der Waals surface area contributed by atoms with E-state index in [1.54, 1.807) is 0 Å². The Morgan fingerprint density at radius 1 is 1.20 bits per heavy atom. The van der Waals surface area contributed by atoms with Gasteiger partial charge in [-0.2, -0.15) is 0 Å². The Labute approximate surface area is 147 Å². The van der Waals surface area contributed by atoms with Gasteiger partial charge in [0.25, 0.3) is 11.6 Å². The van der Waals surface area contributed by atoms with Crippen molar-refractivity contribution in [2.45, 2.75) is 0 Å². The van der Waals surface area contributed by atoms with E-state index in [2.05, 4.69) is 15.6 Å². The highest BCUT2D eigenvalue weighted by Gasteiger charge is 2.15. The van der Waals surface area contributed by atoms with Gasteiger partial charge in [0.15, 0.2) is 5.69 Å². The molecule has 1 N–H and O–H groups in total. The molecule has 1 heterocycles. The fraction of sp³-hybridized carbons (Fsp3) is 0.125. The lowest BCUT2D eigenvalue weighted by Gasteiger charge is -2.08. The van der Waals surface area contributed by atoms with Crippen LogP contribution in [0.2, 0.25) is 5.02 Å². The molecule has 0 bridgehead atoms. The summed E-state index contributed by atoms with van der Waals surface area (Å²) >= 11 is 5.88. The maximum atomic E-state index is 11.0. The van der Waals surface area contributed by atoms with E-state index in [-0.39, 0.29) is 18.2 Å². The van der Waals surface area contributed by atoms with Crippen molar-refractivity contribution in [2.24, 2.45) is 0 Å². The summed E-state index contributed by atoms with van der Waals surface area (Å²) in [7, 11) is 0. The Morgan fingerprint density at radius 2 is 2.00 bits per heavy atom. The molecule has 0 radical (unpaired) electrons. The van der Waals surface area contributed by atoms with Crippen molar-refractivity contribution in [3.63, 3.8) is 0 Å². The van der Waals surface area contributed by atoms with Crippen LogP contribution in [0.4, 0.5) is 11.4 Å². The zero-order valence-electron chi connectivity index (χ0n) is 12.9. The molecule has 128 valence electrons. The first-order chi connectivity index (χ1) is 12.1. The number of hydrogen-bond acceptors (Lipinski definition) is 7. The number of ether oxygens (including phenoxy) is 1. The fourth-order valence-electron chi connectivity index (χ4n) is 2.19. The summed E-state index contributed by atoms with van der Waals surface area (Å²) in [6.07, 6.45) is 0. The molecule has 0 spiro atoms. The standard InChI is InChI=1S/C16H13ClN4O4/c17-12-6-7-14(21(22)23)13(10-12)18-8-9-24-16-15(19-25-20-16)11-4-2-1-3-5-11/h1-7,10,18H,8-9H2. The van der Waals surface area contributed by atoms with Crippen molar-refractivity contribution < 1.29 is 14.3 Å². The number of aromatic nitrogens is 2. The quantitative estimate of drug-likeness (QED) is 0.388. The molecule has 1 aromatic heterocycles. The second-order valence-electron chi connectivity index (χ2n) is 4.98. The summed E-state index contributed by atoms with van der Waals surface area (Å²) < 4.78 is 10.3. The third kappa shape index (κ3) is 4.04. The molecule has 0 aliphatic carbocycles. The third-order valence-electron chi connectivity index (χ3n) is 3.32. The number of nitrogens with zero attached hydrogens (tertiary/aromatic N) is 3. The van der Waals surface area contributed by atoms with Gasteiger partial charge in [0.05, 0.1) is 4.92 Å². The average Bonchev–Trinajstić information content (AvgIpc) is 3.08. The Balaban J connectivity index is 1.61. The van der Waals surface area contributed by atoms with E-state index in [4.69, 9.17) is 21.0 Å². The summed E-state index contributed by atoms with van der Waals surface area (Å²) in [5.41, 5.74) is 1.58. The molecule has 0 saturated carbocycles. The van der Waals surface area contributed by atoms with E-state index in [9.17, 15) is 10.1 Å². The summed E-state index contributed by atoms with van der Waals surface area (Å²) in [4.78, 5) is 10.5. The second-order valence-corrected chi connectivity index (χ2v) is 5.41. The second kappa shape index (κ2) is 7.63. The molecule has 8 nitrogen and oxygen atoms in total. The number of nitrogens with one attached hydrogen (secondary N) is 1. The van der Waals surface area contributed by atoms with E-state index in [0.717, 1.165) is 5.56 Å². The lowest BCUT2D eigenvalue weighted by molar-refractivity contribution is -0.384. The van der Waals surface area contributed by atoms with Gasteiger partial charge in [0.2, 0.25) is 0 Å². The molecule has 3 aromatic rings. The smallest absolute Gasteiger partial charge is 0.292 e. The Morgan fingerprint density at radius 3 is 2.76 bits per heavy atom. The average molecular weight is 361 g/mol. The normalized spacial score (nSPS) is 10.4. The number of halogens is 1. The van der Waals surface area contributed by atoms with E-state index in [1.807, 2.05) is 30.3 Å². The van der Waals surface area contributed by atoms with Gasteiger partial charge in [-0.25, -0.2) is 4.63 Å². The largest absolute Gasteiger partial charge is 0.472 e. The van der Waals surface area contributed by atoms with Gasteiger partial charge in [0, 0.05) is 23.2 Å². The predicted octanol–water partition coefficient (Wildman–Crippen LogP) is 3.79. The van der Waals surface area contributed by atoms with Crippen LogP contribution in [0.25, 0.3) is 11.3 Å². The predicted molar refractivity (Wildman–Crippen MR) is 91.8 cm³/mol. The number of anilines is 1. The monoisotopic (exact) mass is 360 g/mol. The summed E-state index contributed by atoms with van der Waals surface area (Å²) in [5, 5.41) is 21.9. The fourth-order valence-corrected chi connectivity index (χ4v) is 2.36. The SMILES string of the molecule is O=[N+]([O-])c1ccc(Cl)cc1NCCOc1nonc1-c1ccccc1. The van der Waals surface area contributed by atoms with E-state index < -0.39 is 4.92 Å². The van der Waals surface area contributed by atoms with Crippen molar-refractivity contribution in [3.8, 4) is 17.1 Å². The number of benzene rings is 2. The molecule has 0 atom stereocenters. The van der Waals surface area contributed by atoms with Gasteiger partial charge in [-0.15, -0.1) is 0 Å². The van der Waals surface area contributed by atoms with Crippen LogP contribution in [0.3, 0.4) is 0 Å². The minimum Gasteiger partial charge on any atom is -0.472 e. The van der Waals surface area contributed by atoms with Gasteiger partial charge in [-0.05, 0) is 22.4 Å². The van der Waals surface area contributed by atoms with Gasteiger partial charge in [0.1, 0.15) is 12.3 Å². The molecule has 0 saturated heterocycles. The van der Waals surface area contributed by atoms with Gasteiger partial charge < -0.3 is 10.1 Å². The molecular formula is C16H13ClN4O4. The highest BCUT2D eigenvalue weighted by Crippen LogP contribution is 2.28. The van der Waals surface area contributed by atoms with Gasteiger partial charge in [-0.1, -0.05) is 41.9 Å². The van der Waals surface area contributed by atoms with Crippen molar-refractivity contribution in [1.29, 1.82) is 0 Å². The summed E-state index contributed by atoms with van der Waals surface area (Å²) in [6.45, 7) is 0.514. The van der Waals surface area contributed by atoms with Crippen molar-refractivity contribution >= 4 is 23.0 Å². The van der Waals surface area contributed by atoms with Crippen LogP contribution in [-0.4, -0.2) is 28.4 Å². The first-order valence-electron chi connectivity index (χ1n) is 7.34. The maximum Gasteiger partial charge on any atom is 0.292 e. The Bertz CT molecular complexity index is 870. The number of rotatable bonds is 7. The molecule has 0 fully saturated rings. The molecule has 3 rings (SSSR count). The van der Waals surface area contributed by atoms with E-state index in [1.165, 1.54) is 18.2 Å². The minimum atomic E-state index is -0.478. The summed E-state index contributed by atoms with van der Waals surface area (Å²) in [5.74, 6) is 0.258. The van der Waals surface area contributed by atoms with Crippen LogP contribution in [-0.2, 0) is 0 Å². The van der Waals surface area contributed by atoms with Crippen LogP contribution in [0.1, 0.15) is 0 Å². The molecule has 0 aliphatic heterocycles. The highest BCUT2D eigenvalue weighted by molar-refractivity contribution is 6.31. The van der Waals surface area contributed by atoms with Crippen molar-refractivity contribution in [3.05, 3.63) is 63.7 Å². The molecule has 0 amide bonds. The molecule has 25 heavy (non-hydrogen) atoms. The van der Waals surface area contributed by atoms with Crippen LogP contribution in [0, 0.1) is 10.1 Å². The van der Waals surface area contributed by atoms with Gasteiger partial charge in [-0.3, -0.25) is 10.1 Å². The van der Waals surface area contributed by atoms with E-state index in [0.29, 0.717) is 22.9 Å². The molecule has 2 aromatic carbocycles. The zero-order chi connectivity index (χ0) is 17.6. The molecule has 0 unspecified atom stereocenters. The lowest BCUT2D eigenvalue weighted by atomic mass is 10.2. The molecular weight excluding hydrogens is 348 g/mol. The number of nitro groups is 1. The van der Waals surface area contributed by atoms with Crippen LogP contribution < -0.4 is 10.1 Å². The Hall–Kier alpha value is -3.13. The van der Waals surface area contributed by atoms with Crippen LogP contribution in [0.5, 0.6) is 5.88 Å². The number of hydrogen-bond donors (Lipinski definition) is 1. The van der Waals surface area contributed by atoms with E-state index >= 15 is 0 Å². The van der Waals surface area contributed by atoms with Crippen molar-refractivity contribution in [2.75, 3.05) is 18.5 Å².